The zero-order chi connectivity index (χ0) is 23.1. The number of rotatable bonds is 10. The van der Waals surface area contributed by atoms with Crippen molar-refractivity contribution in [2.75, 3.05) is 6.61 Å². The van der Waals surface area contributed by atoms with E-state index in [0.29, 0.717) is 18.7 Å². The van der Waals surface area contributed by atoms with Crippen LogP contribution in [0.4, 0.5) is 0 Å². The van der Waals surface area contributed by atoms with Crippen molar-refractivity contribution in [3.63, 3.8) is 0 Å². The van der Waals surface area contributed by atoms with E-state index in [2.05, 4.69) is 11.9 Å². The number of carbonyl (C=O) groups is 2. The molecule has 8 heteroatoms. The molecular formula is C24H35NO6S. The molecule has 1 saturated heterocycles. The number of unbranched alkanes of at least 4 members (excludes halogenated alkanes) is 2. The Kier molecular flexibility index (Phi) is 9.25. The van der Waals surface area contributed by atoms with Crippen LogP contribution in [0.25, 0.3) is 0 Å². The van der Waals surface area contributed by atoms with Crippen LogP contribution in [0, 0.1) is 11.8 Å². The average molecular weight is 466 g/mol. The first-order chi connectivity index (χ1) is 15.4. The molecule has 1 aliphatic carbocycles. The lowest BCUT2D eigenvalue weighted by molar-refractivity contribution is -0.147. The Hall–Kier alpha value is -1.77. The van der Waals surface area contributed by atoms with Crippen LogP contribution in [-0.2, 0) is 19.0 Å². The molecule has 1 N–H and O–H groups in total. The maximum Gasteiger partial charge on any atom is 0.357 e. The van der Waals surface area contributed by atoms with Crippen LogP contribution in [0.15, 0.2) is 17.5 Å². The topological polar surface area (TPSA) is 95.0 Å². The van der Waals surface area contributed by atoms with Crippen molar-refractivity contribution < 1.29 is 28.9 Å². The minimum atomic E-state index is -0.479. The predicted octanol–water partition coefficient (Wildman–Crippen LogP) is 4.61. The van der Waals surface area contributed by atoms with Gasteiger partial charge in [-0.1, -0.05) is 38.3 Å². The number of esters is 2. The van der Waals surface area contributed by atoms with E-state index < -0.39 is 12.1 Å². The summed E-state index contributed by atoms with van der Waals surface area (Å²) < 4.78 is 17.0. The van der Waals surface area contributed by atoms with Crippen LogP contribution in [0.5, 0.6) is 0 Å². The van der Waals surface area contributed by atoms with Crippen molar-refractivity contribution in [1.82, 2.24) is 4.98 Å². The van der Waals surface area contributed by atoms with Gasteiger partial charge in [0.1, 0.15) is 17.2 Å². The van der Waals surface area contributed by atoms with Crippen LogP contribution in [0.2, 0.25) is 0 Å². The first-order valence-electron chi connectivity index (χ1n) is 11.7. The van der Waals surface area contributed by atoms with Crippen molar-refractivity contribution in [3.8, 4) is 0 Å². The Bertz CT molecular complexity index is 793. The molecule has 178 valence electrons. The Balaban J connectivity index is 1.65. The van der Waals surface area contributed by atoms with Crippen molar-refractivity contribution in [1.29, 1.82) is 0 Å². The number of aliphatic hydroxyl groups excluding tert-OH is 1. The Labute approximate surface area is 194 Å². The molecule has 0 amide bonds. The summed E-state index contributed by atoms with van der Waals surface area (Å²) in [7, 11) is 0. The van der Waals surface area contributed by atoms with Gasteiger partial charge in [-0.05, 0) is 32.1 Å². The third-order valence-electron chi connectivity index (χ3n) is 6.23. The normalized spacial score (nSPS) is 28.4. The maximum atomic E-state index is 11.9. The fourth-order valence-electron chi connectivity index (χ4n) is 4.72. The first-order valence-corrected chi connectivity index (χ1v) is 12.6. The summed E-state index contributed by atoms with van der Waals surface area (Å²) in [6, 6.07) is 0. The third kappa shape index (κ3) is 6.39. The molecular weight excluding hydrogens is 430 g/mol. The van der Waals surface area contributed by atoms with Crippen LogP contribution in [-0.4, -0.2) is 46.9 Å². The zero-order valence-corrected chi connectivity index (χ0v) is 20.0. The van der Waals surface area contributed by atoms with Crippen molar-refractivity contribution >= 4 is 23.3 Å². The second kappa shape index (κ2) is 11.9. The molecule has 0 radical (unpaired) electrons. The second-order valence-electron chi connectivity index (χ2n) is 8.60. The number of hydrogen-bond acceptors (Lipinski definition) is 8. The van der Waals surface area contributed by atoms with E-state index in [0.717, 1.165) is 43.5 Å². The van der Waals surface area contributed by atoms with Gasteiger partial charge in [0, 0.05) is 24.6 Å². The monoisotopic (exact) mass is 465 g/mol. The third-order valence-corrected chi connectivity index (χ3v) is 7.16. The lowest BCUT2D eigenvalue weighted by Gasteiger charge is -2.33. The molecule has 1 aliphatic heterocycles. The molecule has 1 saturated carbocycles. The van der Waals surface area contributed by atoms with Gasteiger partial charge >= 0.3 is 11.9 Å². The number of carbonyl (C=O) groups excluding carboxylic acids is 2. The highest BCUT2D eigenvalue weighted by atomic mass is 32.1. The molecule has 2 aliphatic rings. The van der Waals surface area contributed by atoms with Crippen molar-refractivity contribution in [3.05, 3.63) is 28.2 Å². The van der Waals surface area contributed by atoms with Gasteiger partial charge in [0.15, 0.2) is 5.69 Å². The summed E-state index contributed by atoms with van der Waals surface area (Å²) in [5.41, 5.74) is 0.319. The van der Waals surface area contributed by atoms with Gasteiger partial charge in [-0.2, -0.15) is 0 Å². The summed E-state index contributed by atoms with van der Waals surface area (Å²) in [5, 5.41) is 12.8. The number of aliphatic hydroxyl groups is 1. The van der Waals surface area contributed by atoms with E-state index in [4.69, 9.17) is 14.2 Å². The molecule has 1 aromatic rings. The average Bonchev–Trinajstić information content (AvgIpc) is 3.37. The fourth-order valence-corrected chi connectivity index (χ4v) is 5.58. The van der Waals surface area contributed by atoms with Gasteiger partial charge in [0.2, 0.25) is 0 Å². The zero-order valence-electron chi connectivity index (χ0n) is 19.2. The van der Waals surface area contributed by atoms with Crippen LogP contribution >= 0.6 is 11.3 Å². The lowest BCUT2D eigenvalue weighted by Crippen LogP contribution is -2.30. The van der Waals surface area contributed by atoms with Crippen LogP contribution in [0.3, 0.4) is 0 Å². The van der Waals surface area contributed by atoms with E-state index in [9.17, 15) is 14.7 Å². The van der Waals surface area contributed by atoms with Gasteiger partial charge in [-0.15, -0.1) is 11.3 Å². The molecule has 3 rings (SSSR count). The molecule has 0 bridgehead atoms. The quantitative estimate of drug-likeness (QED) is 0.306. The molecule has 6 atom stereocenters. The predicted molar refractivity (Wildman–Crippen MR) is 121 cm³/mol. The summed E-state index contributed by atoms with van der Waals surface area (Å²) in [4.78, 5) is 28.0. The first kappa shape index (κ1) is 24.9. The van der Waals surface area contributed by atoms with Crippen LogP contribution in [0.1, 0.15) is 87.3 Å². The number of aromatic nitrogens is 1. The number of fused-ring (bicyclic) bond motifs is 1. The number of nitrogens with zero attached hydrogens (tertiary/aromatic N) is 1. The molecule has 2 heterocycles. The number of hydrogen-bond donors (Lipinski definition) is 1. The van der Waals surface area contributed by atoms with Crippen molar-refractivity contribution in [2.45, 2.75) is 90.1 Å². The van der Waals surface area contributed by atoms with E-state index in [-0.39, 0.29) is 36.1 Å². The molecule has 0 spiro atoms. The second-order valence-corrected chi connectivity index (χ2v) is 9.49. The van der Waals surface area contributed by atoms with Gasteiger partial charge in [0.25, 0.3) is 0 Å². The Morgan fingerprint density at radius 3 is 2.88 bits per heavy atom. The number of ether oxygens (including phenoxy) is 3. The molecule has 1 aromatic heterocycles. The minimum absolute atomic E-state index is 0.0251. The summed E-state index contributed by atoms with van der Waals surface area (Å²) in [5.74, 6) is -0.468. The van der Waals surface area contributed by atoms with E-state index >= 15 is 0 Å². The Morgan fingerprint density at radius 1 is 1.34 bits per heavy atom. The van der Waals surface area contributed by atoms with E-state index in [1.807, 2.05) is 12.2 Å². The van der Waals surface area contributed by atoms with Crippen molar-refractivity contribution in [2.24, 2.45) is 11.8 Å². The number of thiazole rings is 1. The largest absolute Gasteiger partial charge is 0.462 e. The highest BCUT2D eigenvalue weighted by Crippen LogP contribution is 2.47. The molecule has 7 nitrogen and oxygen atoms in total. The molecule has 0 aromatic carbocycles. The molecule has 1 unspecified atom stereocenters. The summed E-state index contributed by atoms with van der Waals surface area (Å²) in [6.45, 7) is 5.65. The minimum Gasteiger partial charge on any atom is -0.462 e. The van der Waals surface area contributed by atoms with E-state index in [1.165, 1.54) is 18.3 Å². The molecule has 2 fully saturated rings. The van der Waals surface area contributed by atoms with Gasteiger partial charge in [-0.25, -0.2) is 9.78 Å². The van der Waals surface area contributed by atoms with Gasteiger partial charge in [-0.3, -0.25) is 4.79 Å². The van der Waals surface area contributed by atoms with Gasteiger partial charge < -0.3 is 19.3 Å². The summed E-state index contributed by atoms with van der Waals surface area (Å²) in [6.07, 6.45) is 9.21. The maximum absolute atomic E-state index is 11.9. The Morgan fingerprint density at radius 2 is 2.16 bits per heavy atom. The highest BCUT2D eigenvalue weighted by molar-refractivity contribution is 7.09. The fraction of sp³-hybridized carbons (Fsp3) is 0.708. The summed E-state index contributed by atoms with van der Waals surface area (Å²) >= 11 is 1.41. The van der Waals surface area contributed by atoms with E-state index in [1.54, 1.807) is 12.3 Å². The molecule has 32 heavy (non-hydrogen) atoms. The highest BCUT2D eigenvalue weighted by Gasteiger charge is 2.48. The lowest BCUT2D eigenvalue weighted by atomic mass is 9.86. The smallest absolute Gasteiger partial charge is 0.357 e. The SMILES string of the molecule is CCCCCC(O)/C=C/[C@@H]1[C@H]2CC[C@H](c3nc(C(=O)OCC)cs3)O[C@H]2C[C@H]1OC(C)=O. The van der Waals surface area contributed by atoms with Gasteiger partial charge in [0.05, 0.1) is 18.8 Å². The standard InChI is InChI=1S/C24H35NO6S/c1-4-6-7-8-16(27)9-10-17-18-11-12-20(31-22(18)13-21(17)30-15(3)26)23-25-19(14-32-23)24(28)29-5-2/h9-10,14,16-18,20-22,27H,4-8,11-13H2,1-3H3/b10-9+/t16?,17-,18-,20-,21-,22+/m1/s1. The van der Waals surface area contributed by atoms with Crippen LogP contribution < -0.4 is 0 Å².